The van der Waals surface area contributed by atoms with E-state index in [-0.39, 0.29) is 5.91 Å². The van der Waals surface area contributed by atoms with Crippen molar-refractivity contribution in [1.82, 2.24) is 10.9 Å². The molecule has 2 heterocycles. The Morgan fingerprint density at radius 2 is 1.72 bits per heavy atom. The number of rotatable bonds is 2. The molecule has 0 saturated carbocycles. The average molecular weight is 358 g/mol. The van der Waals surface area contributed by atoms with E-state index in [0.29, 0.717) is 35.8 Å². The van der Waals surface area contributed by atoms with E-state index in [1.807, 2.05) is 5.38 Å². The number of thiophene rings is 1. The minimum absolute atomic E-state index is 0.273. The van der Waals surface area contributed by atoms with Gasteiger partial charge in [0.2, 0.25) is 0 Å². The van der Waals surface area contributed by atoms with Crippen LogP contribution in [0.1, 0.15) is 44.0 Å². The number of hydrogen-bond acceptors (Lipinski definition) is 5. The number of nitrogens with one attached hydrogen (secondary N) is 2. The molecule has 1 aliphatic heterocycles. The Labute approximate surface area is 149 Å². The zero-order valence-corrected chi connectivity index (χ0v) is 14.4. The van der Waals surface area contributed by atoms with Crippen molar-refractivity contribution in [2.75, 3.05) is 13.2 Å². The number of ether oxygens (including phenoxy) is 2. The number of aryl methyl sites for hydroxylation is 1. The van der Waals surface area contributed by atoms with Gasteiger partial charge in [0, 0.05) is 15.8 Å². The Morgan fingerprint density at radius 3 is 2.60 bits per heavy atom. The van der Waals surface area contributed by atoms with E-state index in [2.05, 4.69) is 10.9 Å². The van der Waals surface area contributed by atoms with Crippen LogP contribution in [-0.4, -0.2) is 25.0 Å². The van der Waals surface area contributed by atoms with Crippen molar-refractivity contribution < 1.29 is 19.1 Å². The van der Waals surface area contributed by atoms with Crippen LogP contribution in [0.3, 0.4) is 0 Å². The number of fused-ring (bicyclic) bond motifs is 2. The minimum atomic E-state index is -0.394. The summed E-state index contributed by atoms with van der Waals surface area (Å²) in [6, 6.07) is 4.95. The monoisotopic (exact) mass is 358 g/mol. The lowest BCUT2D eigenvalue weighted by molar-refractivity contribution is 0.0845. The van der Waals surface area contributed by atoms with Gasteiger partial charge >= 0.3 is 0 Å². The molecule has 1 aromatic carbocycles. The fraction of sp³-hybridized carbons (Fsp3) is 0.333. The summed E-state index contributed by atoms with van der Waals surface area (Å²) in [6.07, 6.45) is 4.25. The molecule has 0 spiro atoms. The third-order valence-corrected chi connectivity index (χ3v) is 5.49. The van der Waals surface area contributed by atoms with Gasteiger partial charge < -0.3 is 9.47 Å². The predicted octanol–water partition coefficient (Wildman–Crippen LogP) is 2.47. The summed E-state index contributed by atoms with van der Waals surface area (Å²) in [5.41, 5.74) is 7.18. The number of benzene rings is 1. The first-order valence-corrected chi connectivity index (χ1v) is 9.20. The minimum Gasteiger partial charge on any atom is -0.486 e. The molecule has 6 nitrogen and oxygen atoms in total. The molecule has 1 aliphatic carbocycles. The molecular formula is C18H18N2O4S. The highest BCUT2D eigenvalue weighted by molar-refractivity contribution is 7.10. The SMILES string of the molecule is O=C(NNC(=O)c1csc2c1CCCC2)c1ccc2c(c1)OCCO2. The molecule has 1 aromatic heterocycles. The van der Waals surface area contributed by atoms with Crippen LogP contribution in [0.15, 0.2) is 23.6 Å². The first-order valence-electron chi connectivity index (χ1n) is 8.32. The summed E-state index contributed by atoms with van der Waals surface area (Å²) in [7, 11) is 0. The largest absolute Gasteiger partial charge is 0.486 e. The van der Waals surface area contributed by atoms with Gasteiger partial charge in [0.25, 0.3) is 11.8 Å². The van der Waals surface area contributed by atoms with Gasteiger partial charge in [-0.3, -0.25) is 20.4 Å². The quantitative estimate of drug-likeness (QED) is 0.809. The lowest BCUT2D eigenvalue weighted by Gasteiger charge is -2.18. The second-order valence-electron chi connectivity index (χ2n) is 6.02. The van der Waals surface area contributed by atoms with Crippen LogP contribution in [0.25, 0.3) is 0 Å². The highest BCUT2D eigenvalue weighted by atomic mass is 32.1. The summed E-state index contributed by atoms with van der Waals surface area (Å²) in [5, 5.41) is 1.88. The summed E-state index contributed by atoms with van der Waals surface area (Å²) in [5.74, 6) is 0.494. The molecule has 0 unspecified atom stereocenters. The Morgan fingerprint density at radius 1 is 0.960 bits per heavy atom. The van der Waals surface area contributed by atoms with E-state index in [1.54, 1.807) is 29.5 Å². The van der Waals surface area contributed by atoms with Crippen molar-refractivity contribution in [3.63, 3.8) is 0 Å². The van der Waals surface area contributed by atoms with Crippen molar-refractivity contribution in [3.8, 4) is 11.5 Å². The van der Waals surface area contributed by atoms with Crippen LogP contribution in [0.2, 0.25) is 0 Å². The molecule has 25 heavy (non-hydrogen) atoms. The molecule has 2 aliphatic rings. The molecule has 130 valence electrons. The van der Waals surface area contributed by atoms with E-state index in [1.165, 1.54) is 11.3 Å². The lowest BCUT2D eigenvalue weighted by atomic mass is 9.96. The number of hydrogen-bond donors (Lipinski definition) is 2. The zero-order chi connectivity index (χ0) is 17.2. The third-order valence-electron chi connectivity index (χ3n) is 4.40. The third kappa shape index (κ3) is 3.19. The maximum absolute atomic E-state index is 12.4. The molecule has 4 rings (SSSR count). The van der Waals surface area contributed by atoms with Gasteiger partial charge in [0.15, 0.2) is 11.5 Å². The van der Waals surface area contributed by atoms with E-state index in [4.69, 9.17) is 9.47 Å². The molecule has 0 fully saturated rings. The van der Waals surface area contributed by atoms with Crippen LogP contribution in [0.4, 0.5) is 0 Å². The predicted molar refractivity (Wildman–Crippen MR) is 93.3 cm³/mol. The van der Waals surface area contributed by atoms with Crippen molar-refractivity contribution in [3.05, 3.63) is 45.1 Å². The van der Waals surface area contributed by atoms with Gasteiger partial charge in [-0.05, 0) is 49.4 Å². The number of carbonyl (C=O) groups excluding carboxylic acids is 2. The molecular weight excluding hydrogens is 340 g/mol. The van der Waals surface area contributed by atoms with Gasteiger partial charge in [-0.1, -0.05) is 0 Å². The Hall–Kier alpha value is -2.54. The first kappa shape index (κ1) is 16.0. The number of carbonyl (C=O) groups is 2. The standard InChI is InChI=1S/C18H18N2O4S/c21-17(11-5-6-14-15(9-11)24-8-7-23-14)19-20-18(22)13-10-25-16-4-2-1-3-12(13)16/h5-6,9-10H,1-4,7-8H2,(H,19,21)(H,20,22). The summed E-state index contributed by atoms with van der Waals surface area (Å²) < 4.78 is 10.9. The van der Waals surface area contributed by atoms with E-state index >= 15 is 0 Å². The molecule has 2 amide bonds. The normalized spacial score (nSPS) is 15.2. The summed E-state index contributed by atoms with van der Waals surface area (Å²) in [6.45, 7) is 0.956. The maximum atomic E-state index is 12.4. The highest BCUT2D eigenvalue weighted by Gasteiger charge is 2.21. The van der Waals surface area contributed by atoms with Crippen molar-refractivity contribution in [2.24, 2.45) is 0 Å². The van der Waals surface area contributed by atoms with E-state index < -0.39 is 5.91 Å². The maximum Gasteiger partial charge on any atom is 0.270 e. The molecule has 0 saturated heterocycles. The van der Waals surface area contributed by atoms with Gasteiger partial charge in [-0.15, -0.1) is 11.3 Å². The highest BCUT2D eigenvalue weighted by Crippen LogP contribution is 2.31. The first-order chi connectivity index (χ1) is 12.2. The van der Waals surface area contributed by atoms with E-state index in [9.17, 15) is 9.59 Å². The van der Waals surface area contributed by atoms with Crippen LogP contribution < -0.4 is 20.3 Å². The van der Waals surface area contributed by atoms with E-state index in [0.717, 1.165) is 24.8 Å². The second-order valence-corrected chi connectivity index (χ2v) is 6.99. The van der Waals surface area contributed by atoms with Gasteiger partial charge in [-0.2, -0.15) is 0 Å². The summed E-state index contributed by atoms with van der Waals surface area (Å²) in [4.78, 5) is 25.9. The number of hydrazine groups is 1. The fourth-order valence-corrected chi connectivity index (χ4v) is 4.25. The van der Waals surface area contributed by atoms with Gasteiger partial charge in [0.05, 0.1) is 5.56 Å². The molecule has 7 heteroatoms. The lowest BCUT2D eigenvalue weighted by Crippen LogP contribution is -2.41. The van der Waals surface area contributed by atoms with Crippen molar-refractivity contribution >= 4 is 23.2 Å². The van der Waals surface area contributed by atoms with Crippen molar-refractivity contribution in [2.45, 2.75) is 25.7 Å². The zero-order valence-electron chi connectivity index (χ0n) is 13.6. The Bertz CT molecular complexity index is 830. The molecule has 0 radical (unpaired) electrons. The van der Waals surface area contributed by atoms with Gasteiger partial charge in [-0.25, -0.2) is 0 Å². The summed E-state index contributed by atoms with van der Waals surface area (Å²) >= 11 is 1.62. The van der Waals surface area contributed by atoms with Crippen LogP contribution in [-0.2, 0) is 12.8 Å². The molecule has 0 bridgehead atoms. The average Bonchev–Trinajstić information content (AvgIpc) is 3.09. The molecule has 2 N–H and O–H groups in total. The Kier molecular flexibility index (Phi) is 4.31. The van der Waals surface area contributed by atoms with Gasteiger partial charge in [0.1, 0.15) is 13.2 Å². The van der Waals surface area contributed by atoms with Crippen LogP contribution in [0, 0.1) is 0 Å². The second kappa shape index (κ2) is 6.76. The molecule has 0 atom stereocenters. The molecule has 2 aromatic rings. The smallest absolute Gasteiger partial charge is 0.270 e. The Balaban J connectivity index is 1.42. The topological polar surface area (TPSA) is 76.7 Å². The van der Waals surface area contributed by atoms with Crippen LogP contribution >= 0.6 is 11.3 Å². The fourth-order valence-electron chi connectivity index (χ4n) is 3.12. The number of amides is 2. The van der Waals surface area contributed by atoms with Crippen LogP contribution in [0.5, 0.6) is 11.5 Å². The van der Waals surface area contributed by atoms with Crippen molar-refractivity contribution in [1.29, 1.82) is 0 Å².